The van der Waals surface area contributed by atoms with Crippen molar-refractivity contribution in [1.29, 1.82) is 0 Å². The summed E-state index contributed by atoms with van der Waals surface area (Å²) in [5.41, 5.74) is -7.10. The maximum atomic E-state index is 15.4. The molecular formula is C56H61N3O20. The van der Waals surface area contributed by atoms with Gasteiger partial charge in [0.1, 0.15) is 32.0 Å². The number of nitro benzene ring substituents is 3. The molecule has 2 aliphatic rings. The van der Waals surface area contributed by atoms with Gasteiger partial charge >= 0.3 is 29.8 Å². The molecule has 0 saturated carbocycles. The average Bonchev–Trinajstić information content (AvgIpc) is 3.39. The summed E-state index contributed by atoms with van der Waals surface area (Å²) in [6, 6.07) is 23.1. The first-order chi connectivity index (χ1) is 37.4. The predicted molar refractivity (Wildman–Crippen MR) is 277 cm³/mol. The third-order valence-corrected chi connectivity index (χ3v) is 13.8. The third-order valence-electron chi connectivity index (χ3n) is 13.8. The summed E-state index contributed by atoms with van der Waals surface area (Å²) >= 11 is 0. The van der Waals surface area contributed by atoms with Gasteiger partial charge in [-0.3, -0.25) is 35.1 Å². The molecule has 2 N–H and O–H groups in total. The fourth-order valence-electron chi connectivity index (χ4n) is 9.43. The molecule has 0 spiro atoms. The Morgan fingerprint density at radius 2 is 1.23 bits per heavy atom. The van der Waals surface area contributed by atoms with Gasteiger partial charge in [-0.05, 0) is 95.3 Å². The number of esters is 5. The first-order valence-corrected chi connectivity index (χ1v) is 25.2. The number of aliphatic hydroxyl groups is 2. The second kappa shape index (κ2) is 25.9. The van der Waals surface area contributed by atoms with Crippen LogP contribution in [0.3, 0.4) is 0 Å². The number of nitro groups is 3. The molecule has 23 heteroatoms. The molecule has 4 aromatic rings. The summed E-state index contributed by atoms with van der Waals surface area (Å²) in [4.78, 5) is 105. The lowest BCUT2D eigenvalue weighted by molar-refractivity contribution is -0.385. The van der Waals surface area contributed by atoms with E-state index in [0.717, 1.165) is 54.5 Å². The van der Waals surface area contributed by atoms with Crippen molar-refractivity contribution >= 4 is 46.9 Å². The van der Waals surface area contributed by atoms with Crippen LogP contribution in [0.1, 0.15) is 82.6 Å². The van der Waals surface area contributed by atoms with Crippen LogP contribution in [0, 0.1) is 48.1 Å². The normalized spacial score (nSPS) is 22.8. The van der Waals surface area contributed by atoms with Crippen molar-refractivity contribution in [2.75, 3.05) is 0 Å². The molecule has 2 saturated heterocycles. The molecular weight excluding hydrogens is 1030 g/mol. The maximum Gasteiger partial charge on any atom is 0.346 e. The summed E-state index contributed by atoms with van der Waals surface area (Å²) in [6.07, 6.45) is -5.52. The summed E-state index contributed by atoms with van der Waals surface area (Å²) in [7, 11) is 0. The summed E-state index contributed by atoms with van der Waals surface area (Å²) < 4.78 is 41.5. The zero-order valence-corrected chi connectivity index (χ0v) is 44.0. The van der Waals surface area contributed by atoms with Gasteiger partial charge in [0, 0.05) is 61.7 Å². The summed E-state index contributed by atoms with van der Waals surface area (Å²) in [6.45, 7) is 10.7. The number of non-ortho nitro benzene ring substituents is 3. The van der Waals surface area contributed by atoms with Crippen molar-refractivity contribution in [2.24, 2.45) is 17.8 Å². The number of carbonyl (C=O) groups is 5. The molecule has 10 atom stereocenters. The van der Waals surface area contributed by atoms with E-state index in [0.29, 0.717) is 12.8 Å². The minimum atomic E-state index is -3.91. The molecule has 0 aliphatic carbocycles. The number of allylic oxidation sites excluding steroid dienone is 1. The molecule has 2 bridgehead atoms. The lowest BCUT2D eigenvalue weighted by atomic mass is 9.74. The van der Waals surface area contributed by atoms with Crippen LogP contribution >= 0.6 is 0 Å². The van der Waals surface area contributed by atoms with E-state index in [2.05, 4.69) is 6.58 Å². The van der Waals surface area contributed by atoms with Gasteiger partial charge in [0.25, 0.3) is 22.7 Å². The number of ether oxygens (including phenoxy) is 7. The van der Waals surface area contributed by atoms with Gasteiger partial charge in [-0.2, -0.15) is 0 Å². The van der Waals surface area contributed by atoms with E-state index in [4.69, 9.17) is 33.2 Å². The number of rotatable bonds is 26. The van der Waals surface area contributed by atoms with Crippen LogP contribution in [-0.2, 0) is 83.4 Å². The number of aliphatic hydroxyl groups excluding tert-OH is 1. The lowest BCUT2D eigenvalue weighted by Gasteiger charge is -2.50. The summed E-state index contributed by atoms with van der Waals surface area (Å²) in [5.74, 6) is -10.5. The lowest BCUT2D eigenvalue weighted by Crippen LogP contribution is -2.78. The van der Waals surface area contributed by atoms with Gasteiger partial charge in [-0.15, -0.1) is 0 Å². The van der Waals surface area contributed by atoms with Crippen molar-refractivity contribution in [3.05, 3.63) is 180 Å². The number of hydrogen-bond acceptors (Lipinski definition) is 20. The van der Waals surface area contributed by atoms with E-state index in [1.54, 1.807) is 6.92 Å². The Bertz CT molecular complexity index is 2920. The molecule has 4 aromatic carbocycles. The monoisotopic (exact) mass is 1100 g/mol. The second-order valence-corrected chi connectivity index (χ2v) is 19.7. The number of benzene rings is 4. The molecule has 0 amide bonds. The fraction of sp³-hybridized carbons (Fsp3) is 0.411. The predicted octanol–water partition coefficient (Wildman–Crippen LogP) is 7.58. The average molecular weight is 1100 g/mol. The van der Waals surface area contributed by atoms with E-state index < -0.39 is 118 Å². The number of hydrogen-bond donors (Lipinski definition) is 2. The Kier molecular flexibility index (Phi) is 19.7. The topological polar surface area (TPSA) is 320 Å². The zero-order chi connectivity index (χ0) is 57.8. The van der Waals surface area contributed by atoms with Gasteiger partial charge in [0.05, 0.1) is 14.8 Å². The molecule has 0 unspecified atom stereocenters. The molecule has 0 radical (unpaired) electrons. The van der Waals surface area contributed by atoms with Crippen molar-refractivity contribution in [3.63, 3.8) is 0 Å². The van der Waals surface area contributed by atoms with Crippen molar-refractivity contribution in [3.8, 4) is 0 Å². The minimum absolute atomic E-state index is 0.0788. The van der Waals surface area contributed by atoms with Crippen molar-refractivity contribution < 1.29 is 82.1 Å². The number of nitrogens with zero attached hydrogens (tertiary/aromatic N) is 3. The first-order valence-electron chi connectivity index (χ1n) is 25.2. The molecule has 420 valence electrons. The number of fused-ring (bicyclic) bond motifs is 2. The van der Waals surface area contributed by atoms with E-state index in [1.807, 2.05) is 51.1 Å². The first kappa shape index (κ1) is 60.0. The molecule has 6 rings (SSSR count). The Morgan fingerprint density at radius 1 is 0.734 bits per heavy atom. The largest absolute Gasteiger partial charge is 0.459 e. The van der Waals surface area contributed by atoms with Gasteiger partial charge < -0.3 is 43.4 Å². The molecule has 2 fully saturated rings. The van der Waals surface area contributed by atoms with Gasteiger partial charge in [0.15, 0.2) is 6.10 Å². The molecule has 23 nitrogen and oxygen atoms in total. The van der Waals surface area contributed by atoms with Crippen LogP contribution in [0.4, 0.5) is 17.1 Å². The van der Waals surface area contributed by atoms with Crippen LogP contribution in [0.15, 0.2) is 127 Å². The molecule has 2 heterocycles. The van der Waals surface area contributed by atoms with Gasteiger partial charge in [-0.25, -0.2) is 19.2 Å². The van der Waals surface area contributed by atoms with E-state index in [-0.39, 0.29) is 57.6 Å². The molecule has 2 aliphatic heterocycles. The summed E-state index contributed by atoms with van der Waals surface area (Å²) in [5, 5.41) is 60.6. The highest BCUT2D eigenvalue weighted by atomic mass is 16.8. The highest BCUT2D eigenvalue weighted by Gasteiger charge is 2.86. The smallest absolute Gasteiger partial charge is 0.346 e. The Balaban J connectivity index is 1.52. The maximum absolute atomic E-state index is 15.4. The Labute approximate surface area is 453 Å². The quantitative estimate of drug-likeness (QED) is 0.0153. The SMILES string of the molecule is C=C(CC[C@]12O[C@H](C(=O)OCc3ccc([N+](=O)[O-])cc3)[C@@](O)(C(=O)OCc3ccc([N+](=O)[O-])cc3)[C@](C(=O)OCc3ccc([N+](=O)[O-])cc3)(O1)[C@H](OC(=O)/C=C/[C@@H](C)C[C@@H](C)CC)[C@H]2O)[C@@H](OC(C)=O)[C@H](C)Cc1ccccc1. The van der Waals surface area contributed by atoms with Gasteiger partial charge in [-0.1, -0.05) is 77.1 Å². The Morgan fingerprint density at radius 3 is 1.71 bits per heavy atom. The molecule has 0 aromatic heterocycles. The highest BCUT2D eigenvalue weighted by Crippen LogP contribution is 2.57. The van der Waals surface area contributed by atoms with Crippen molar-refractivity contribution in [1.82, 2.24) is 0 Å². The standard InChI is InChI=1S/C56H61N3O20/c1-7-34(2)29-35(3)13-26-46(61)77-49-48(62)54(28-27-36(4)47(76-38(6)60)37(5)30-39-11-9-8-10-12-39)78-50(51(63)73-31-40-14-20-43(21-15-40)57(67)68)55(66,52(64)74-32-41-16-22-44(23-17-41)58(69)70)56(49,79-54)53(65)75-33-42-18-24-45(25-19-42)59(71)72/h8-26,34-35,37,47-50,62,66H,4,7,27-33H2,1-3,5-6H3/b26-13+/t34-,35+,37+,47+,48+,49+,50+,54-,55+,56-/m0/s1. The van der Waals surface area contributed by atoms with Crippen LogP contribution < -0.4 is 0 Å². The van der Waals surface area contributed by atoms with Crippen LogP contribution in [-0.4, -0.2) is 96.2 Å². The van der Waals surface area contributed by atoms with Crippen LogP contribution in [0.25, 0.3) is 0 Å². The van der Waals surface area contributed by atoms with E-state index in [9.17, 15) is 54.9 Å². The van der Waals surface area contributed by atoms with E-state index >= 15 is 9.59 Å². The van der Waals surface area contributed by atoms with Crippen molar-refractivity contribution in [2.45, 2.75) is 128 Å². The highest BCUT2D eigenvalue weighted by molar-refractivity contribution is 6.00. The molecule has 79 heavy (non-hydrogen) atoms. The number of carbonyl (C=O) groups excluding carboxylic acids is 5. The second-order valence-electron chi connectivity index (χ2n) is 19.7. The van der Waals surface area contributed by atoms with Crippen LogP contribution in [0.2, 0.25) is 0 Å². The van der Waals surface area contributed by atoms with E-state index in [1.165, 1.54) is 49.4 Å². The zero-order valence-electron chi connectivity index (χ0n) is 44.0. The fourth-order valence-corrected chi connectivity index (χ4v) is 9.43. The van der Waals surface area contributed by atoms with Crippen LogP contribution in [0.5, 0.6) is 0 Å². The minimum Gasteiger partial charge on any atom is -0.459 e. The Hall–Kier alpha value is -8.25. The third kappa shape index (κ3) is 13.9. The van der Waals surface area contributed by atoms with Gasteiger partial charge in [0.2, 0.25) is 17.5 Å².